The van der Waals surface area contributed by atoms with Crippen LogP contribution in [0, 0.1) is 34.6 Å². The Labute approximate surface area is 354 Å². The average Bonchev–Trinajstić information content (AvgIpc) is 3.21. The molecule has 0 fully saturated rings. The van der Waals surface area contributed by atoms with Gasteiger partial charge in [-0.2, -0.15) is 0 Å². The van der Waals surface area contributed by atoms with Gasteiger partial charge in [0.05, 0.1) is 75.3 Å². The number of carbonyl (C=O) groups is 6. The molecule has 0 spiro atoms. The minimum absolute atomic E-state index is 0.0209. The van der Waals surface area contributed by atoms with Crippen molar-refractivity contribution in [3.63, 3.8) is 0 Å². The van der Waals surface area contributed by atoms with Crippen molar-refractivity contribution < 1.29 is 69.6 Å². The van der Waals surface area contributed by atoms with Crippen LogP contribution in [-0.4, -0.2) is 166 Å². The summed E-state index contributed by atoms with van der Waals surface area (Å²) in [6, 6.07) is 0. The van der Waals surface area contributed by atoms with Crippen LogP contribution < -0.4 is 31.1 Å². The minimum atomic E-state index is -1.82. The fourth-order valence-electron chi connectivity index (χ4n) is 7.36. The number of hydrogen-bond donors (Lipinski definition) is 12. The fourth-order valence-corrected chi connectivity index (χ4v) is 7.36. The van der Waals surface area contributed by atoms with Crippen LogP contribution in [0.15, 0.2) is 0 Å². The zero-order valence-corrected chi connectivity index (χ0v) is 36.0. The topological polar surface area (TPSA) is 319 Å². The Morgan fingerprint density at radius 2 is 0.836 bits per heavy atom. The van der Waals surface area contributed by atoms with E-state index in [1.54, 1.807) is 6.92 Å². The van der Waals surface area contributed by atoms with E-state index in [1.807, 2.05) is 0 Å². The number of hydrogen-bond acceptors (Lipinski definition) is 14. The maximum Gasteiger partial charge on any atom is 0.252 e. The molecule has 0 aliphatic rings. The third-order valence-corrected chi connectivity index (χ3v) is 10.2. The molecule has 61 heavy (non-hydrogen) atoms. The highest BCUT2D eigenvalue weighted by Crippen LogP contribution is 2.37. The SMILES string of the molecule is CCc1c(C(=O)NCC(O)CO)c(C)c(C(=O)NCCO)c(C)c1N(CC(O)C(O)CN(C(C)=O)c1c(C)c(C(=O)NCCO)c(C)c(C(=O)NCC(O)CO)c1C)C(C)=O. The van der Waals surface area contributed by atoms with Crippen LogP contribution in [0.5, 0.6) is 0 Å². The van der Waals surface area contributed by atoms with Crippen molar-refractivity contribution in [3.8, 4) is 0 Å². The van der Waals surface area contributed by atoms with E-state index < -0.39 is 99.4 Å². The summed E-state index contributed by atoms with van der Waals surface area (Å²) in [5, 5.41) is 90.5. The molecule has 4 unspecified atom stereocenters. The van der Waals surface area contributed by atoms with Crippen LogP contribution >= 0.6 is 0 Å². The lowest BCUT2D eigenvalue weighted by atomic mass is 9.87. The Kier molecular flexibility index (Phi) is 20.3. The van der Waals surface area contributed by atoms with E-state index in [2.05, 4.69) is 21.3 Å². The minimum Gasteiger partial charge on any atom is -0.395 e. The van der Waals surface area contributed by atoms with E-state index in [-0.39, 0.29) is 99.6 Å². The van der Waals surface area contributed by atoms with Gasteiger partial charge in [-0.05, 0) is 74.4 Å². The van der Waals surface area contributed by atoms with Crippen molar-refractivity contribution >= 4 is 46.8 Å². The molecule has 0 heterocycles. The normalized spacial score (nSPS) is 13.1. The number of aliphatic hydroxyl groups is 8. The third-order valence-electron chi connectivity index (χ3n) is 10.2. The lowest BCUT2D eigenvalue weighted by molar-refractivity contribution is -0.118. The van der Waals surface area contributed by atoms with Crippen molar-refractivity contribution in [2.24, 2.45) is 0 Å². The summed E-state index contributed by atoms with van der Waals surface area (Å²) < 4.78 is 0. The van der Waals surface area contributed by atoms with Gasteiger partial charge in [0.2, 0.25) is 11.8 Å². The highest BCUT2D eigenvalue weighted by molar-refractivity contribution is 6.09. The summed E-state index contributed by atoms with van der Waals surface area (Å²) in [5.41, 5.74) is 1.20. The second-order valence-corrected chi connectivity index (χ2v) is 14.6. The zero-order valence-electron chi connectivity index (χ0n) is 36.0. The van der Waals surface area contributed by atoms with Gasteiger partial charge in [-0.15, -0.1) is 0 Å². The van der Waals surface area contributed by atoms with E-state index >= 15 is 0 Å². The molecule has 0 saturated carbocycles. The van der Waals surface area contributed by atoms with E-state index in [1.165, 1.54) is 34.6 Å². The number of amides is 6. The summed E-state index contributed by atoms with van der Waals surface area (Å²) in [6.07, 6.45) is -6.13. The summed E-state index contributed by atoms with van der Waals surface area (Å²) in [6.45, 7) is 7.16. The van der Waals surface area contributed by atoms with Crippen molar-refractivity contribution in [2.75, 3.05) is 75.5 Å². The number of nitrogens with one attached hydrogen (secondary N) is 4. The molecule has 0 aromatic heterocycles. The number of benzene rings is 2. The number of aliphatic hydroxyl groups excluding tert-OH is 8. The standard InChI is InChI=1S/C41H62N6O14/c1-9-29-35(41(61)45-15-28(55)19-51)21(3)34(39(59)43-11-13-49)24(6)37(29)47(26(8)53)17-31(57)30(56)16-46(25(7)52)36-22(4)32(38(58)42-10-12-48)20(2)33(23(36)5)40(60)44-14-27(54)18-50/h27-28,30-31,48-51,54-57H,9-19H2,1-8H3,(H,42,58)(H,43,59)(H,44,60)(H,45,61). The van der Waals surface area contributed by atoms with Crippen LogP contribution in [0.25, 0.3) is 0 Å². The molecule has 340 valence electrons. The van der Waals surface area contributed by atoms with Crippen molar-refractivity contribution in [1.29, 1.82) is 0 Å². The summed E-state index contributed by atoms with van der Waals surface area (Å²) >= 11 is 0. The van der Waals surface area contributed by atoms with Gasteiger partial charge in [0.25, 0.3) is 23.6 Å². The molecule has 0 bridgehead atoms. The molecule has 6 amide bonds. The van der Waals surface area contributed by atoms with Gasteiger partial charge in [0.1, 0.15) is 0 Å². The molecule has 2 aromatic carbocycles. The fraction of sp³-hybridized carbons (Fsp3) is 0.561. The summed E-state index contributed by atoms with van der Waals surface area (Å²) in [7, 11) is 0. The first-order chi connectivity index (χ1) is 28.7. The van der Waals surface area contributed by atoms with Gasteiger partial charge in [0.15, 0.2) is 0 Å². The molecule has 2 aromatic rings. The zero-order chi connectivity index (χ0) is 46.5. The largest absolute Gasteiger partial charge is 0.395 e. The highest BCUT2D eigenvalue weighted by atomic mass is 16.3. The van der Waals surface area contributed by atoms with Gasteiger partial charge in [-0.1, -0.05) is 6.92 Å². The molecule has 20 heteroatoms. The van der Waals surface area contributed by atoms with Crippen molar-refractivity contribution in [1.82, 2.24) is 21.3 Å². The molecule has 12 N–H and O–H groups in total. The van der Waals surface area contributed by atoms with Crippen LogP contribution in [-0.2, 0) is 16.0 Å². The van der Waals surface area contributed by atoms with Crippen LogP contribution in [0.2, 0.25) is 0 Å². The monoisotopic (exact) mass is 862 g/mol. The number of nitrogens with zero attached hydrogens (tertiary/aromatic N) is 2. The Balaban J connectivity index is 2.80. The smallest absolute Gasteiger partial charge is 0.252 e. The molecule has 20 nitrogen and oxygen atoms in total. The molecule has 2 rings (SSSR count). The first-order valence-electron chi connectivity index (χ1n) is 19.8. The van der Waals surface area contributed by atoms with Crippen LogP contribution in [0.3, 0.4) is 0 Å². The van der Waals surface area contributed by atoms with Crippen molar-refractivity contribution in [2.45, 2.75) is 86.2 Å². The molecular weight excluding hydrogens is 800 g/mol. The predicted molar refractivity (Wildman–Crippen MR) is 224 cm³/mol. The van der Waals surface area contributed by atoms with E-state index in [0.717, 1.165) is 23.6 Å². The third kappa shape index (κ3) is 12.5. The van der Waals surface area contributed by atoms with E-state index in [4.69, 9.17) is 0 Å². The highest BCUT2D eigenvalue weighted by Gasteiger charge is 2.35. The van der Waals surface area contributed by atoms with Gasteiger partial charge >= 0.3 is 0 Å². The molecule has 0 saturated heterocycles. The number of rotatable bonds is 22. The van der Waals surface area contributed by atoms with E-state index in [9.17, 15) is 69.6 Å². The van der Waals surface area contributed by atoms with Crippen molar-refractivity contribution in [3.05, 3.63) is 55.6 Å². The van der Waals surface area contributed by atoms with Gasteiger partial charge in [-0.25, -0.2) is 0 Å². The summed E-state index contributed by atoms with van der Waals surface area (Å²) in [4.78, 5) is 83.4. The predicted octanol–water partition coefficient (Wildman–Crippen LogP) is -2.47. The van der Waals surface area contributed by atoms with Gasteiger partial charge in [-0.3, -0.25) is 28.8 Å². The maximum absolute atomic E-state index is 13.7. The first-order valence-corrected chi connectivity index (χ1v) is 19.8. The van der Waals surface area contributed by atoms with E-state index in [0.29, 0.717) is 0 Å². The molecular formula is C41H62N6O14. The quantitative estimate of drug-likeness (QED) is 0.0584. The molecule has 4 atom stereocenters. The Morgan fingerprint density at radius 3 is 1.18 bits per heavy atom. The van der Waals surface area contributed by atoms with Crippen LogP contribution in [0.4, 0.5) is 11.4 Å². The Hall–Kier alpha value is -5.06. The lowest BCUT2D eigenvalue weighted by Crippen LogP contribution is -2.48. The molecule has 0 radical (unpaired) electrons. The lowest BCUT2D eigenvalue weighted by Gasteiger charge is -2.34. The first kappa shape index (κ1) is 52.1. The maximum atomic E-state index is 13.7. The second kappa shape index (κ2) is 23.8. The number of anilines is 2. The Morgan fingerprint density at radius 1 is 0.508 bits per heavy atom. The van der Waals surface area contributed by atoms with Crippen LogP contribution in [0.1, 0.15) is 95.6 Å². The second-order valence-electron chi connectivity index (χ2n) is 14.6. The van der Waals surface area contributed by atoms with Gasteiger partial charge < -0.3 is 71.9 Å². The summed E-state index contributed by atoms with van der Waals surface area (Å²) in [5.74, 6) is -4.25. The molecule has 0 aliphatic carbocycles. The number of carbonyl (C=O) groups excluding carboxylic acids is 6. The Bertz CT molecular complexity index is 1940. The average molecular weight is 863 g/mol. The molecule has 0 aliphatic heterocycles. The van der Waals surface area contributed by atoms with Gasteiger partial charge in [0, 0.05) is 62.3 Å².